The van der Waals surface area contributed by atoms with E-state index in [1.165, 1.54) is 33.4 Å². The molecule has 2 aliphatic heterocycles. The van der Waals surface area contributed by atoms with Gasteiger partial charge in [0.2, 0.25) is 17.6 Å². The number of carbonyl (C=O) groups excluding carboxylic acids is 4. The van der Waals surface area contributed by atoms with E-state index in [9.17, 15) is 24.3 Å². The summed E-state index contributed by atoms with van der Waals surface area (Å²) >= 11 is 20.4. The van der Waals surface area contributed by atoms with Gasteiger partial charge in [0.1, 0.15) is 0 Å². The number of methoxy groups -OCH3 is 2. The third-order valence-corrected chi connectivity index (χ3v) is 10.6. The highest BCUT2D eigenvalue weighted by Gasteiger charge is 2.76. The van der Waals surface area contributed by atoms with Gasteiger partial charge in [-0.25, -0.2) is 0 Å². The fourth-order valence-corrected chi connectivity index (χ4v) is 8.19. The molecule has 2 saturated heterocycles. The largest absolute Gasteiger partial charge is 0.502 e. The van der Waals surface area contributed by atoms with Crippen LogP contribution in [0.1, 0.15) is 24.3 Å². The Hall–Kier alpha value is -3.27. The summed E-state index contributed by atoms with van der Waals surface area (Å²) < 4.78 is 10.7. The van der Waals surface area contributed by atoms with Crippen LogP contribution < -0.4 is 14.4 Å². The number of ether oxygens (including phenoxy) is 2. The predicted octanol–water partition coefficient (Wildman–Crippen LogP) is 4.26. The first-order chi connectivity index (χ1) is 19.4. The average molecular weight is 620 g/mol. The van der Waals surface area contributed by atoms with Crippen LogP contribution in [0.25, 0.3) is 0 Å². The van der Waals surface area contributed by atoms with Gasteiger partial charge in [0.05, 0.1) is 31.7 Å². The molecule has 214 valence electrons. The number of imide groups is 2. The zero-order valence-electron chi connectivity index (χ0n) is 22.2. The number of amides is 4. The van der Waals surface area contributed by atoms with Crippen LogP contribution in [0.2, 0.25) is 5.02 Å². The number of phenolic OH excluding ortho intramolecular Hbond substituents is 1. The summed E-state index contributed by atoms with van der Waals surface area (Å²) in [6, 6.07) is 9.42. The smallest absolute Gasteiger partial charge is 0.253 e. The van der Waals surface area contributed by atoms with Crippen molar-refractivity contribution in [1.82, 2.24) is 4.90 Å². The Balaban J connectivity index is 1.54. The van der Waals surface area contributed by atoms with E-state index in [2.05, 4.69) is 0 Å². The minimum absolute atomic E-state index is 0.0577. The molecule has 0 unspecified atom stereocenters. The topological polar surface area (TPSA) is 113 Å². The van der Waals surface area contributed by atoms with Gasteiger partial charge in [0, 0.05) is 18.0 Å². The zero-order chi connectivity index (χ0) is 29.6. The lowest BCUT2D eigenvalue weighted by Crippen LogP contribution is -2.60. The quantitative estimate of drug-likeness (QED) is 0.309. The molecule has 2 aliphatic carbocycles. The number of rotatable bonds is 4. The van der Waals surface area contributed by atoms with Crippen LogP contribution in [0.4, 0.5) is 5.69 Å². The fourth-order valence-electron chi connectivity index (χ4n) is 7.04. The molecule has 6 atom stereocenters. The van der Waals surface area contributed by atoms with Gasteiger partial charge in [-0.1, -0.05) is 23.3 Å². The summed E-state index contributed by atoms with van der Waals surface area (Å²) in [5, 5.41) is 11.0. The Kier molecular flexibility index (Phi) is 6.37. The van der Waals surface area contributed by atoms with E-state index in [4.69, 9.17) is 44.3 Å². The first kappa shape index (κ1) is 27.9. The number of hydrogen-bond acceptors (Lipinski definition) is 7. The Morgan fingerprint density at radius 3 is 2.12 bits per heavy atom. The third kappa shape index (κ3) is 3.55. The molecule has 1 N–H and O–H groups in total. The number of fused-ring (bicyclic) bond motifs is 4. The number of alkyl halides is 2. The molecule has 0 aromatic heterocycles. The monoisotopic (exact) mass is 618 g/mol. The number of benzene rings is 2. The van der Waals surface area contributed by atoms with Gasteiger partial charge < -0.3 is 14.6 Å². The van der Waals surface area contributed by atoms with Crippen LogP contribution in [-0.2, 0) is 19.2 Å². The summed E-state index contributed by atoms with van der Waals surface area (Å²) in [7, 11) is 4.04. The maximum atomic E-state index is 14.0. The number of nitrogens with zero attached hydrogens (tertiary/aromatic N) is 2. The molecule has 0 radical (unpaired) electrons. The summed E-state index contributed by atoms with van der Waals surface area (Å²) in [5.74, 6) is -5.54. The van der Waals surface area contributed by atoms with Crippen molar-refractivity contribution < 1.29 is 33.8 Å². The molecule has 41 heavy (non-hydrogen) atoms. The number of phenols is 1. The maximum Gasteiger partial charge on any atom is 0.253 e. The Morgan fingerprint density at radius 1 is 0.927 bits per heavy atom. The van der Waals surface area contributed by atoms with Crippen molar-refractivity contribution in [2.75, 3.05) is 26.2 Å². The van der Waals surface area contributed by atoms with Gasteiger partial charge in [-0.2, -0.15) is 0 Å². The number of hydrogen-bond donors (Lipinski definition) is 1. The van der Waals surface area contributed by atoms with E-state index in [0.29, 0.717) is 21.8 Å². The van der Waals surface area contributed by atoms with Crippen molar-refractivity contribution in [2.45, 2.75) is 28.5 Å². The highest BCUT2D eigenvalue weighted by Crippen LogP contribution is 2.66. The molecule has 0 bridgehead atoms. The van der Waals surface area contributed by atoms with E-state index >= 15 is 0 Å². The third-order valence-electron chi connectivity index (χ3n) is 8.93. The molecule has 6 rings (SSSR count). The number of anilines is 1. The first-order valence-corrected chi connectivity index (χ1v) is 14.0. The number of carbonyl (C=O) groups is 4. The normalized spacial score (nSPS) is 32.5. The van der Waals surface area contributed by atoms with Gasteiger partial charge in [-0.15, -0.1) is 23.2 Å². The summed E-state index contributed by atoms with van der Waals surface area (Å²) in [5.41, 5.74) is 1.40. The van der Waals surface area contributed by atoms with Crippen LogP contribution in [0.3, 0.4) is 0 Å². The minimum atomic E-state index is -1.97. The minimum Gasteiger partial charge on any atom is -0.502 e. The second kappa shape index (κ2) is 9.37. The van der Waals surface area contributed by atoms with Crippen molar-refractivity contribution >= 4 is 64.1 Å². The van der Waals surface area contributed by atoms with E-state index < -0.39 is 51.1 Å². The second-order valence-electron chi connectivity index (χ2n) is 10.8. The molecule has 2 heterocycles. The van der Waals surface area contributed by atoms with Crippen LogP contribution in [0.15, 0.2) is 48.0 Å². The van der Waals surface area contributed by atoms with Crippen LogP contribution in [0, 0.1) is 17.8 Å². The lowest BCUT2D eigenvalue weighted by Gasteiger charge is -2.50. The molecule has 1 saturated carbocycles. The van der Waals surface area contributed by atoms with Gasteiger partial charge >= 0.3 is 0 Å². The van der Waals surface area contributed by atoms with Crippen molar-refractivity contribution in [3.05, 3.63) is 58.6 Å². The van der Waals surface area contributed by atoms with Gasteiger partial charge in [-0.3, -0.25) is 29.0 Å². The molecule has 2 aromatic carbocycles. The number of allylic oxidation sites excluding steroid dienone is 2. The zero-order valence-corrected chi connectivity index (χ0v) is 24.5. The van der Waals surface area contributed by atoms with Crippen LogP contribution in [0.5, 0.6) is 17.2 Å². The van der Waals surface area contributed by atoms with E-state index in [1.807, 2.05) is 6.08 Å². The van der Waals surface area contributed by atoms with Gasteiger partial charge in [0.15, 0.2) is 21.2 Å². The molecule has 4 aliphatic rings. The average Bonchev–Trinajstić information content (AvgIpc) is 3.28. The molecule has 12 heteroatoms. The fraction of sp³-hybridized carbons (Fsp3) is 0.379. The second-order valence-corrected chi connectivity index (χ2v) is 12.4. The molecule has 3 fully saturated rings. The van der Waals surface area contributed by atoms with Crippen LogP contribution in [-0.4, -0.2) is 64.7 Å². The maximum absolute atomic E-state index is 14.0. The van der Waals surface area contributed by atoms with Crippen molar-refractivity contribution in [2.24, 2.45) is 17.8 Å². The molecule has 2 aromatic rings. The van der Waals surface area contributed by atoms with Crippen molar-refractivity contribution in [3.63, 3.8) is 0 Å². The molecular weight excluding hydrogens is 595 g/mol. The first-order valence-electron chi connectivity index (χ1n) is 12.9. The van der Waals surface area contributed by atoms with E-state index in [0.717, 1.165) is 9.80 Å². The summed E-state index contributed by atoms with van der Waals surface area (Å²) in [6.07, 6.45) is 1.92. The molecule has 9 nitrogen and oxygen atoms in total. The van der Waals surface area contributed by atoms with Gasteiger partial charge in [0.25, 0.3) is 11.8 Å². The molecular formula is C29H25Cl3N2O7. The van der Waals surface area contributed by atoms with Crippen molar-refractivity contribution in [1.29, 1.82) is 0 Å². The SMILES string of the molecule is COc1cc([C@H]2C3=CC[C@@H]4C(=O)N(c5ccc(Cl)cc5)C(=O)[C@@H]4[C@@H]3C[C@@]3(Cl)C(=O)N(C)C(=O)[C@@]23Cl)cc(OC)c1O. The van der Waals surface area contributed by atoms with E-state index in [1.54, 1.807) is 24.3 Å². The highest BCUT2D eigenvalue weighted by molar-refractivity contribution is 6.53. The number of halogens is 3. The lowest BCUT2D eigenvalue weighted by molar-refractivity contribution is -0.138. The summed E-state index contributed by atoms with van der Waals surface area (Å²) in [4.78, 5) is 53.1. The van der Waals surface area contributed by atoms with Crippen LogP contribution >= 0.6 is 34.8 Å². The van der Waals surface area contributed by atoms with Gasteiger partial charge in [-0.05, 0) is 60.7 Å². The number of likely N-dealkylation sites (tertiary alicyclic amines) is 1. The summed E-state index contributed by atoms with van der Waals surface area (Å²) in [6.45, 7) is 0. The molecule has 4 amide bonds. The molecule has 0 spiro atoms. The Labute approximate surface area is 250 Å². The van der Waals surface area contributed by atoms with Crippen molar-refractivity contribution in [3.8, 4) is 17.2 Å². The number of aromatic hydroxyl groups is 1. The predicted molar refractivity (Wildman–Crippen MR) is 151 cm³/mol. The van der Waals surface area contributed by atoms with E-state index in [-0.39, 0.29) is 36.0 Å². The lowest BCUT2D eigenvalue weighted by atomic mass is 9.56. The Bertz CT molecular complexity index is 1530. The Morgan fingerprint density at radius 2 is 1.54 bits per heavy atom. The highest BCUT2D eigenvalue weighted by atomic mass is 35.5. The standard InChI is InChI=1S/C29H25Cl3N2O7/c1-33-26(38)28(31)12-18-16(8-9-17-21(18)25(37)34(24(17)36)15-6-4-14(30)5-7-15)22(29(28,32)27(33)39)13-10-19(40-2)23(35)20(11-13)41-3/h4-8,10-11,17-18,21-22,35H,9,12H2,1-3H3/t17-,18+,21-,22-,28+,29-/m0/s1.